The molecule has 1 fully saturated rings. The second-order valence-corrected chi connectivity index (χ2v) is 11.0. The summed E-state index contributed by atoms with van der Waals surface area (Å²) < 4.78 is 70.6. The lowest BCUT2D eigenvalue weighted by molar-refractivity contribution is -0.265. The minimum atomic E-state index is -5.45. The Morgan fingerprint density at radius 1 is 1.18 bits per heavy atom. The van der Waals surface area contributed by atoms with Crippen molar-refractivity contribution in [3.8, 4) is 22.8 Å². The number of ether oxygens (including phenoxy) is 2. The maximum Gasteiger partial charge on any atom is 0.424 e. The number of primary amides is 1. The molecule has 0 aliphatic heterocycles. The lowest BCUT2D eigenvalue weighted by Gasteiger charge is -2.31. The molecule has 0 radical (unpaired) electrons. The minimum absolute atomic E-state index is 0.0647. The summed E-state index contributed by atoms with van der Waals surface area (Å²) in [5.41, 5.74) is -0.390. The van der Waals surface area contributed by atoms with Crippen LogP contribution in [0.25, 0.3) is 22.2 Å². The van der Waals surface area contributed by atoms with Crippen LogP contribution in [0.1, 0.15) is 52.2 Å². The first kappa shape index (κ1) is 32.3. The second kappa shape index (κ2) is 12.0. The Morgan fingerprint density at radius 2 is 1.89 bits per heavy atom. The first-order valence-electron chi connectivity index (χ1n) is 13.5. The average molecular weight is 670 g/mol. The number of hydrogen-bond acceptors (Lipinski definition) is 7. The predicted octanol–water partition coefficient (Wildman–Crippen LogP) is 5.57. The third kappa shape index (κ3) is 5.97. The predicted molar refractivity (Wildman–Crippen MR) is 156 cm³/mol. The summed E-state index contributed by atoms with van der Waals surface area (Å²) in [6.07, 6.45) is -1.86. The topological polar surface area (TPSA) is 142 Å². The number of methoxy groups -OCH3 is 1. The van der Waals surface area contributed by atoms with E-state index >= 15 is 0 Å². The maximum absolute atomic E-state index is 14.6. The van der Waals surface area contributed by atoms with Crippen LogP contribution in [0.15, 0.2) is 36.5 Å². The number of nitrogens with one attached hydrogen (secondary N) is 1. The van der Waals surface area contributed by atoms with Gasteiger partial charge in [0, 0.05) is 22.7 Å². The Bertz CT molecular complexity index is 1830. The van der Waals surface area contributed by atoms with Crippen molar-refractivity contribution in [2.24, 2.45) is 5.73 Å². The van der Waals surface area contributed by atoms with E-state index in [1.165, 1.54) is 26.2 Å². The van der Waals surface area contributed by atoms with Crippen LogP contribution in [0.5, 0.6) is 11.5 Å². The molecule has 0 spiro atoms. The number of pyridine rings is 1. The summed E-state index contributed by atoms with van der Waals surface area (Å²) in [6.45, 7) is -0.00601. The number of carbonyl (C=O) groups is 2. The van der Waals surface area contributed by atoms with Gasteiger partial charge >= 0.3 is 6.18 Å². The first-order chi connectivity index (χ1) is 21.2. The molecule has 2 heterocycles. The quantitative estimate of drug-likeness (QED) is 0.148. The molecule has 2 aromatic heterocycles. The van der Waals surface area contributed by atoms with Gasteiger partial charge in [0.2, 0.25) is 5.60 Å². The maximum atomic E-state index is 14.6. The smallest absolute Gasteiger partial charge is 0.424 e. The zero-order valence-electron chi connectivity index (χ0n) is 23.6. The van der Waals surface area contributed by atoms with Gasteiger partial charge < -0.3 is 25.6 Å². The van der Waals surface area contributed by atoms with Gasteiger partial charge in [0.1, 0.15) is 22.8 Å². The van der Waals surface area contributed by atoms with E-state index in [4.69, 9.17) is 38.4 Å². The molecule has 0 bridgehead atoms. The molecule has 1 saturated carbocycles. The summed E-state index contributed by atoms with van der Waals surface area (Å²) in [7, 11) is 1.36. The van der Waals surface area contributed by atoms with Crippen LogP contribution in [-0.2, 0) is 5.60 Å². The molecule has 0 saturated heterocycles. The van der Waals surface area contributed by atoms with E-state index in [0.29, 0.717) is 17.0 Å². The molecule has 10 nitrogen and oxygen atoms in total. The van der Waals surface area contributed by atoms with Crippen molar-refractivity contribution in [1.82, 2.24) is 20.1 Å². The Kier molecular flexibility index (Phi) is 8.59. The van der Waals surface area contributed by atoms with E-state index in [0.717, 1.165) is 25.0 Å². The Hall–Kier alpha value is -4.14. The number of carbonyl (C=O) groups excluding carboxylic acids is 2. The van der Waals surface area contributed by atoms with Crippen molar-refractivity contribution in [2.75, 3.05) is 20.3 Å². The lowest BCUT2D eigenvalue weighted by atomic mass is 9.94. The monoisotopic (exact) mass is 669 g/mol. The molecule has 1 aliphatic carbocycles. The molecule has 0 unspecified atom stereocenters. The van der Waals surface area contributed by atoms with Crippen LogP contribution in [0.2, 0.25) is 10.0 Å². The molecular weight excluding hydrogens is 645 g/mol. The van der Waals surface area contributed by atoms with E-state index in [2.05, 4.69) is 15.4 Å². The number of rotatable bonds is 10. The van der Waals surface area contributed by atoms with Gasteiger partial charge in [-0.05, 0) is 50.1 Å². The summed E-state index contributed by atoms with van der Waals surface area (Å²) in [6, 6.07) is 5.52. The first-order valence-corrected chi connectivity index (χ1v) is 14.2. The molecule has 16 heteroatoms. The number of nitrogens with two attached hydrogens (primary N) is 1. The van der Waals surface area contributed by atoms with Gasteiger partial charge in [-0.3, -0.25) is 14.3 Å². The highest BCUT2D eigenvalue weighted by Crippen LogP contribution is 2.44. The number of aromatic nitrogens is 3. The van der Waals surface area contributed by atoms with Crippen LogP contribution in [0, 0.1) is 5.82 Å². The Labute approximate surface area is 263 Å². The molecule has 1 aliphatic rings. The number of alkyl halides is 3. The van der Waals surface area contributed by atoms with E-state index in [9.17, 15) is 32.3 Å². The third-order valence-electron chi connectivity index (χ3n) is 7.21. The minimum Gasteiger partial charge on any atom is -0.494 e. The third-order valence-corrected chi connectivity index (χ3v) is 8.07. The Morgan fingerprint density at radius 3 is 2.49 bits per heavy atom. The highest BCUT2D eigenvalue weighted by atomic mass is 35.5. The fourth-order valence-electron chi connectivity index (χ4n) is 4.69. The van der Waals surface area contributed by atoms with Gasteiger partial charge in [0.25, 0.3) is 11.8 Å². The van der Waals surface area contributed by atoms with E-state index < -0.39 is 63.0 Å². The molecule has 45 heavy (non-hydrogen) atoms. The van der Waals surface area contributed by atoms with Crippen molar-refractivity contribution in [3.63, 3.8) is 0 Å². The second-order valence-electron chi connectivity index (χ2n) is 10.3. The van der Waals surface area contributed by atoms with Gasteiger partial charge in [-0.25, -0.2) is 9.37 Å². The van der Waals surface area contributed by atoms with Crippen molar-refractivity contribution >= 4 is 45.9 Å². The van der Waals surface area contributed by atoms with Crippen LogP contribution in [0.4, 0.5) is 17.6 Å². The number of nitrogens with zero attached hydrogens (tertiary/aromatic N) is 3. The molecule has 4 aromatic rings. The highest BCUT2D eigenvalue weighted by molar-refractivity contribution is 6.43. The van der Waals surface area contributed by atoms with Crippen molar-refractivity contribution < 1.29 is 41.7 Å². The molecule has 2 amide bonds. The lowest BCUT2D eigenvalue weighted by Crippen LogP contribution is -2.51. The summed E-state index contributed by atoms with van der Waals surface area (Å²) >= 11 is 12.1. The molecule has 2 aromatic carbocycles. The number of benzene rings is 2. The zero-order valence-corrected chi connectivity index (χ0v) is 25.1. The standard InChI is InChI=1S/C29H25Cl2F4N5O5/c1-3-45-25-17(26(36)41)10-20(38-24(25)16-6-7-18(32)22(31)21(16)30)28(43,29(33,34)35)12-37-27(42)13-8-14-11-40(15-4-5-15)39-23(14)19(9-13)44-2/h6-11,15,43H,3-5,12H2,1-2H3,(H2,36,41)(H,37,42)/t28-/m0/s1. The van der Waals surface area contributed by atoms with Gasteiger partial charge in [0.05, 0.1) is 47.6 Å². The zero-order chi connectivity index (χ0) is 32.8. The molecule has 1 atom stereocenters. The van der Waals surface area contributed by atoms with Crippen LogP contribution < -0.4 is 20.5 Å². The van der Waals surface area contributed by atoms with Gasteiger partial charge in [0.15, 0.2) is 5.75 Å². The number of aliphatic hydroxyl groups is 1. The van der Waals surface area contributed by atoms with Gasteiger partial charge in [-0.2, -0.15) is 18.3 Å². The summed E-state index contributed by atoms with van der Waals surface area (Å²) in [5, 5.41) is 17.3. The molecule has 4 N–H and O–H groups in total. The van der Waals surface area contributed by atoms with E-state index in [-0.39, 0.29) is 35.3 Å². The van der Waals surface area contributed by atoms with Crippen LogP contribution in [-0.4, -0.2) is 58.1 Å². The number of fused-ring (bicyclic) bond motifs is 1. The molecular formula is C29H25Cl2F4N5O5. The fraction of sp³-hybridized carbons (Fsp3) is 0.310. The van der Waals surface area contributed by atoms with Crippen LogP contribution in [0.3, 0.4) is 0 Å². The number of halogens is 6. The van der Waals surface area contributed by atoms with E-state index in [1.54, 1.807) is 10.9 Å². The van der Waals surface area contributed by atoms with Crippen LogP contribution >= 0.6 is 23.2 Å². The normalized spacial score (nSPS) is 14.7. The molecule has 238 valence electrons. The van der Waals surface area contributed by atoms with Crippen molar-refractivity contribution in [3.05, 3.63) is 69.2 Å². The SMILES string of the molecule is CCOc1c(C(N)=O)cc([C@@](O)(CNC(=O)c2cc(OC)c3nn(C4CC4)cc3c2)C(F)(F)F)nc1-c1ccc(F)c(Cl)c1Cl. The Balaban J connectivity index is 1.58. The van der Waals surface area contributed by atoms with Crippen molar-refractivity contribution in [2.45, 2.75) is 37.6 Å². The number of hydrogen-bond donors (Lipinski definition) is 3. The summed E-state index contributed by atoms with van der Waals surface area (Å²) in [4.78, 5) is 29.6. The van der Waals surface area contributed by atoms with E-state index in [1.807, 2.05) is 0 Å². The molecule has 5 rings (SSSR count). The van der Waals surface area contributed by atoms with Crippen molar-refractivity contribution in [1.29, 1.82) is 0 Å². The fourth-order valence-corrected chi connectivity index (χ4v) is 5.10. The highest BCUT2D eigenvalue weighted by Gasteiger charge is 2.57. The largest absolute Gasteiger partial charge is 0.494 e. The number of amides is 2. The van der Waals surface area contributed by atoms with Gasteiger partial charge in [-0.15, -0.1) is 0 Å². The van der Waals surface area contributed by atoms with Gasteiger partial charge in [-0.1, -0.05) is 23.2 Å². The summed E-state index contributed by atoms with van der Waals surface area (Å²) in [5.74, 6) is -3.29. The average Bonchev–Trinajstić information content (AvgIpc) is 3.76.